The molecule has 0 spiro atoms. The maximum absolute atomic E-state index is 12.3. The summed E-state index contributed by atoms with van der Waals surface area (Å²) in [5.41, 5.74) is 1.14. The third-order valence-electron chi connectivity index (χ3n) is 4.33. The zero-order valence-corrected chi connectivity index (χ0v) is 13.9. The van der Waals surface area contributed by atoms with Gasteiger partial charge in [-0.05, 0) is 18.6 Å². The molecule has 1 aliphatic rings. The van der Waals surface area contributed by atoms with Crippen molar-refractivity contribution in [3.05, 3.63) is 47.5 Å². The Bertz CT molecular complexity index is 652. The van der Waals surface area contributed by atoms with E-state index in [9.17, 15) is 4.79 Å². The van der Waals surface area contributed by atoms with Gasteiger partial charge in [0.15, 0.2) is 0 Å². The van der Waals surface area contributed by atoms with Crippen molar-refractivity contribution in [2.24, 2.45) is 0 Å². The second kappa shape index (κ2) is 7.10. The van der Waals surface area contributed by atoms with E-state index in [2.05, 4.69) is 28.0 Å². The molecular weight excluding hydrogens is 314 g/mol. The Morgan fingerprint density at radius 2 is 2.00 bits per heavy atom. The summed E-state index contributed by atoms with van der Waals surface area (Å²) in [6, 6.07) is 8.19. The number of amides is 1. The van der Waals surface area contributed by atoms with E-state index in [0.29, 0.717) is 0 Å². The van der Waals surface area contributed by atoms with Crippen molar-refractivity contribution in [2.45, 2.75) is 19.5 Å². The number of hydrogen-bond acceptors (Lipinski definition) is 4. The number of halogens is 1. The average molecular weight is 334 g/mol. The average Bonchev–Trinajstić information content (AvgIpc) is 3.08. The molecule has 1 amide bonds. The van der Waals surface area contributed by atoms with Gasteiger partial charge in [-0.2, -0.15) is 5.10 Å². The van der Waals surface area contributed by atoms with E-state index in [4.69, 9.17) is 11.6 Å². The van der Waals surface area contributed by atoms with Gasteiger partial charge < -0.3 is 4.90 Å². The van der Waals surface area contributed by atoms with Crippen LogP contribution in [-0.4, -0.2) is 56.7 Å². The van der Waals surface area contributed by atoms with Crippen LogP contribution < -0.4 is 0 Å². The minimum atomic E-state index is 0.0838. The zero-order valence-electron chi connectivity index (χ0n) is 13.1. The van der Waals surface area contributed by atoms with Crippen molar-refractivity contribution in [1.82, 2.24) is 24.6 Å². The first kappa shape index (κ1) is 16.0. The number of hydrogen-bond donors (Lipinski definition) is 0. The van der Waals surface area contributed by atoms with Crippen LogP contribution in [0.25, 0.3) is 0 Å². The fourth-order valence-electron chi connectivity index (χ4n) is 2.92. The molecule has 0 saturated carbocycles. The Labute approximate surface area is 140 Å². The summed E-state index contributed by atoms with van der Waals surface area (Å²) >= 11 is 6.29. The Morgan fingerprint density at radius 1 is 1.26 bits per heavy atom. The number of piperazine rings is 1. The first-order valence-electron chi connectivity index (χ1n) is 7.74. The van der Waals surface area contributed by atoms with Crippen molar-refractivity contribution >= 4 is 17.5 Å². The smallest absolute Gasteiger partial charge is 0.244 e. The fraction of sp³-hybridized carbons (Fsp3) is 0.438. The lowest BCUT2D eigenvalue weighted by Crippen LogP contribution is -2.50. The fourth-order valence-corrected chi connectivity index (χ4v) is 3.22. The molecule has 122 valence electrons. The van der Waals surface area contributed by atoms with Crippen LogP contribution in [0.5, 0.6) is 0 Å². The molecule has 1 fully saturated rings. The second-order valence-corrected chi connectivity index (χ2v) is 6.11. The maximum atomic E-state index is 12.3. The van der Waals surface area contributed by atoms with E-state index >= 15 is 0 Å². The lowest BCUT2D eigenvalue weighted by molar-refractivity contribution is -0.134. The zero-order chi connectivity index (χ0) is 16.2. The Hall–Kier alpha value is -1.92. The highest BCUT2D eigenvalue weighted by molar-refractivity contribution is 6.31. The summed E-state index contributed by atoms with van der Waals surface area (Å²) in [5.74, 6) is 0.0838. The van der Waals surface area contributed by atoms with E-state index in [1.54, 1.807) is 11.0 Å². The predicted octanol–water partition coefficient (Wildman–Crippen LogP) is 1.84. The number of rotatable bonds is 4. The SMILES string of the molecule is C[C@@H](c1ccccc1Cl)N1CCN(C(=O)Cn2cncn2)CC1. The molecule has 0 aliphatic carbocycles. The highest BCUT2D eigenvalue weighted by Crippen LogP contribution is 2.27. The molecular formula is C16H20ClN5O. The van der Waals surface area contributed by atoms with E-state index in [-0.39, 0.29) is 18.5 Å². The van der Waals surface area contributed by atoms with Crippen LogP contribution in [0.2, 0.25) is 5.02 Å². The van der Waals surface area contributed by atoms with Gasteiger partial charge in [0.25, 0.3) is 0 Å². The van der Waals surface area contributed by atoms with Crippen LogP contribution >= 0.6 is 11.6 Å². The first-order valence-corrected chi connectivity index (χ1v) is 8.11. The number of carbonyl (C=O) groups is 1. The summed E-state index contributed by atoms with van der Waals surface area (Å²) in [6.45, 7) is 5.55. The van der Waals surface area contributed by atoms with E-state index in [0.717, 1.165) is 36.8 Å². The largest absolute Gasteiger partial charge is 0.339 e. The molecule has 1 aliphatic heterocycles. The molecule has 3 rings (SSSR count). The third-order valence-corrected chi connectivity index (χ3v) is 4.68. The Balaban J connectivity index is 1.56. The molecule has 0 unspecified atom stereocenters. The van der Waals surface area contributed by atoms with Crippen molar-refractivity contribution < 1.29 is 4.79 Å². The minimum absolute atomic E-state index is 0.0838. The van der Waals surface area contributed by atoms with Gasteiger partial charge in [-0.15, -0.1) is 0 Å². The van der Waals surface area contributed by atoms with Crippen LogP contribution in [0.15, 0.2) is 36.9 Å². The Morgan fingerprint density at radius 3 is 2.65 bits per heavy atom. The van der Waals surface area contributed by atoms with Gasteiger partial charge in [0, 0.05) is 37.2 Å². The van der Waals surface area contributed by atoms with Crippen LogP contribution in [0.1, 0.15) is 18.5 Å². The predicted molar refractivity (Wildman–Crippen MR) is 88.0 cm³/mol. The van der Waals surface area contributed by atoms with Crippen molar-refractivity contribution in [3.8, 4) is 0 Å². The molecule has 2 heterocycles. The second-order valence-electron chi connectivity index (χ2n) is 5.71. The Kier molecular flexibility index (Phi) is 4.93. The summed E-state index contributed by atoms with van der Waals surface area (Å²) in [6.07, 6.45) is 3.00. The normalized spacial score (nSPS) is 17.2. The maximum Gasteiger partial charge on any atom is 0.244 e. The third kappa shape index (κ3) is 3.71. The highest BCUT2D eigenvalue weighted by Gasteiger charge is 2.25. The van der Waals surface area contributed by atoms with Crippen LogP contribution in [-0.2, 0) is 11.3 Å². The van der Waals surface area contributed by atoms with Crippen LogP contribution in [0, 0.1) is 0 Å². The summed E-state index contributed by atoms with van der Waals surface area (Å²) < 4.78 is 1.56. The summed E-state index contributed by atoms with van der Waals surface area (Å²) in [4.78, 5) is 20.4. The number of aromatic nitrogens is 3. The molecule has 0 bridgehead atoms. The number of carbonyl (C=O) groups excluding carboxylic acids is 1. The van der Waals surface area contributed by atoms with Gasteiger partial charge in [-0.3, -0.25) is 9.69 Å². The summed E-state index contributed by atoms with van der Waals surface area (Å²) in [5, 5.41) is 4.77. The topological polar surface area (TPSA) is 54.3 Å². The van der Waals surface area contributed by atoms with Gasteiger partial charge in [0.2, 0.25) is 5.91 Å². The van der Waals surface area contributed by atoms with Gasteiger partial charge in [0.1, 0.15) is 19.2 Å². The van der Waals surface area contributed by atoms with Gasteiger partial charge >= 0.3 is 0 Å². The van der Waals surface area contributed by atoms with E-state index in [1.165, 1.54) is 6.33 Å². The van der Waals surface area contributed by atoms with Crippen LogP contribution in [0.4, 0.5) is 0 Å². The minimum Gasteiger partial charge on any atom is -0.339 e. The quantitative estimate of drug-likeness (QED) is 0.856. The van der Waals surface area contributed by atoms with Crippen LogP contribution in [0.3, 0.4) is 0 Å². The van der Waals surface area contributed by atoms with E-state index < -0.39 is 0 Å². The van der Waals surface area contributed by atoms with Crippen molar-refractivity contribution in [1.29, 1.82) is 0 Å². The molecule has 0 radical (unpaired) electrons. The van der Waals surface area contributed by atoms with Gasteiger partial charge in [-0.1, -0.05) is 29.8 Å². The molecule has 2 aromatic rings. The number of nitrogens with zero attached hydrogens (tertiary/aromatic N) is 5. The highest BCUT2D eigenvalue weighted by atomic mass is 35.5. The monoisotopic (exact) mass is 333 g/mol. The molecule has 1 atom stereocenters. The lowest BCUT2D eigenvalue weighted by Gasteiger charge is -2.38. The molecule has 23 heavy (non-hydrogen) atoms. The standard InChI is InChI=1S/C16H20ClN5O/c1-13(14-4-2-3-5-15(14)17)20-6-8-21(9-7-20)16(23)10-22-12-18-11-19-22/h2-5,11-13H,6-10H2,1H3/t13-/m0/s1. The molecule has 1 aromatic carbocycles. The number of benzene rings is 1. The summed E-state index contributed by atoms with van der Waals surface area (Å²) in [7, 11) is 0. The molecule has 6 nitrogen and oxygen atoms in total. The molecule has 1 saturated heterocycles. The van der Waals surface area contributed by atoms with Crippen molar-refractivity contribution in [2.75, 3.05) is 26.2 Å². The van der Waals surface area contributed by atoms with Gasteiger partial charge in [0.05, 0.1) is 0 Å². The lowest BCUT2D eigenvalue weighted by atomic mass is 10.1. The van der Waals surface area contributed by atoms with Gasteiger partial charge in [-0.25, -0.2) is 9.67 Å². The molecule has 7 heteroatoms. The van der Waals surface area contributed by atoms with E-state index in [1.807, 2.05) is 23.1 Å². The molecule has 1 aromatic heterocycles. The molecule has 0 N–H and O–H groups in total. The van der Waals surface area contributed by atoms with Crippen molar-refractivity contribution in [3.63, 3.8) is 0 Å². The first-order chi connectivity index (χ1) is 11.1.